The van der Waals surface area contributed by atoms with E-state index in [0.29, 0.717) is 17.4 Å². The zero-order valence-corrected chi connectivity index (χ0v) is 8.84. The minimum absolute atomic E-state index is 0.254. The Kier molecular flexibility index (Phi) is 2.18. The van der Waals surface area contributed by atoms with Crippen LogP contribution in [0.5, 0.6) is 0 Å². The van der Waals surface area contributed by atoms with Gasteiger partial charge in [-0.1, -0.05) is 13.8 Å². The van der Waals surface area contributed by atoms with Crippen molar-refractivity contribution in [3.05, 3.63) is 0 Å². The predicted molar refractivity (Wildman–Crippen MR) is 54.3 cm³/mol. The molecule has 14 heavy (non-hydrogen) atoms. The Morgan fingerprint density at radius 2 is 2.14 bits per heavy atom. The summed E-state index contributed by atoms with van der Waals surface area (Å²) in [7, 11) is 0. The second-order valence-electron chi connectivity index (χ2n) is 5.16. The number of hydrogen-bond acceptors (Lipinski definition) is 2. The van der Waals surface area contributed by atoms with Crippen LogP contribution in [0.15, 0.2) is 0 Å². The van der Waals surface area contributed by atoms with Crippen molar-refractivity contribution in [3.8, 4) is 0 Å². The van der Waals surface area contributed by atoms with E-state index in [1.165, 1.54) is 12.8 Å². The molecule has 3 unspecified atom stereocenters. The molecule has 3 aliphatic rings. The third-order valence-electron chi connectivity index (χ3n) is 4.31. The smallest absolute Gasteiger partial charge is 0.329 e. The summed E-state index contributed by atoms with van der Waals surface area (Å²) in [6.07, 6.45) is 3.60. The number of hydrazine groups is 1. The molecule has 0 heterocycles. The summed E-state index contributed by atoms with van der Waals surface area (Å²) in [6, 6.07) is 0.0645. The minimum Gasteiger partial charge on any atom is -0.334 e. The van der Waals surface area contributed by atoms with Crippen LogP contribution >= 0.6 is 0 Å². The summed E-state index contributed by atoms with van der Waals surface area (Å²) in [5.74, 6) is 6.56. The first-order valence-electron chi connectivity index (χ1n) is 5.33. The number of carbonyl (C=O) groups excluding carboxylic acids is 1. The molecule has 80 valence electrons. The van der Waals surface area contributed by atoms with Gasteiger partial charge < -0.3 is 5.32 Å². The van der Waals surface area contributed by atoms with Crippen LogP contribution in [0.1, 0.15) is 33.1 Å². The molecule has 4 heteroatoms. The molecule has 0 aromatic carbocycles. The van der Waals surface area contributed by atoms with Gasteiger partial charge in [0.15, 0.2) is 0 Å². The highest BCUT2D eigenvalue weighted by molar-refractivity contribution is 5.73. The molecule has 2 amide bonds. The third-order valence-corrected chi connectivity index (χ3v) is 4.31. The molecular weight excluding hydrogens is 178 g/mol. The van der Waals surface area contributed by atoms with Gasteiger partial charge in [0, 0.05) is 6.04 Å². The number of amides is 2. The molecule has 0 saturated heterocycles. The van der Waals surface area contributed by atoms with Crippen LogP contribution in [0.3, 0.4) is 0 Å². The molecule has 4 nitrogen and oxygen atoms in total. The van der Waals surface area contributed by atoms with Crippen LogP contribution in [0, 0.1) is 17.3 Å². The molecule has 0 aromatic heterocycles. The maximum absolute atomic E-state index is 11.1. The molecule has 2 bridgehead atoms. The van der Waals surface area contributed by atoms with E-state index in [4.69, 9.17) is 5.84 Å². The molecule has 3 rings (SSSR count). The molecule has 0 radical (unpaired) electrons. The maximum Gasteiger partial charge on any atom is 0.329 e. The number of hydrogen-bond donors (Lipinski definition) is 3. The lowest BCUT2D eigenvalue weighted by atomic mass is 9.47. The SMILES string of the molecule is CC1(C)C2CCC(NC(=O)NN)C1C2. The normalized spacial score (nSPS) is 38.4. The summed E-state index contributed by atoms with van der Waals surface area (Å²) < 4.78 is 0. The van der Waals surface area contributed by atoms with E-state index in [1.54, 1.807) is 0 Å². The number of urea groups is 1. The first-order valence-corrected chi connectivity index (χ1v) is 5.33. The Morgan fingerprint density at radius 1 is 1.43 bits per heavy atom. The fraction of sp³-hybridized carbons (Fsp3) is 0.900. The van der Waals surface area contributed by atoms with Gasteiger partial charge in [0.25, 0.3) is 0 Å². The van der Waals surface area contributed by atoms with Crippen LogP contribution < -0.4 is 16.6 Å². The lowest BCUT2D eigenvalue weighted by Gasteiger charge is -2.60. The molecule has 3 aliphatic carbocycles. The molecule has 0 aliphatic heterocycles. The van der Waals surface area contributed by atoms with Crippen LogP contribution in [0.2, 0.25) is 0 Å². The number of nitrogens with one attached hydrogen (secondary N) is 2. The molecule has 3 saturated carbocycles. The summed E-state index contributed by atoms with van der Waals surface area (Å²) in [4.78, 5) is 11.1. The highest BCUT2D eigenvalue weighted by Crippen LogP contribution is 2.58. The van der Waals surface area contributed by atoms with Gasteiger partial charge in [-0.05, 0) is 36.5 Å². The van der Waals surface area contributed by atoms with Gasteiger partial charge >= 0.3 is 6.03 Å². The largest absolute Gasteiger partial charge is 0.334 e. The monoisotopic (exact) mass is 197 g/mol. The molecule has 0 spiro atoms. The number of carbonyl (C=O) groups is 1. The molecule has 3 atom stereocenters. The van der Waals surface area contributed by atoms with E-state index in [0.717, 1.165) is 12.3 Å². The van der Waals surface area contributed by atoms with Crippen molar-refractivity contribution in [2.75, 3.05) is 0 Å². The van der Waals surface area contributed by atoms with E-state index in [1.807, 2.05) is 0 Å². The quantitative estimate of drug-likeness (QED) is 0.333. The van der Waals surface area contributed by atoms with Crippen molar-refractivity contribution in [1.29, 1.82) is 0 Å². The van der Waals surface area contributed by atoms with Crippen LogP contribution in [-0.4, -0.2) is 12.1 Å². The Labute approximate surface area is 84.6 Å². The first-order chi connectivity index (χ1) is 6.55. The van der Waals surface area contributed by atoms with Crippen LogP contribution in [-0.2, 0) is 0 Å². The maximum atomic E-state index is 11.1. The van der Waals surface area contributed by atoms with E-state index in [9.17, 15) is 4.79 Å². The van der Waals surface area contributed by atoms with Gasteiger partial charge in [0.2, 0.25) is 0 Å². The van der Waals surface area contributed by atoms with Crippen molar-refractivity contribution in [3.63, 3.8) is 0 Å². The van der Waals surface area contributed by atoms with Gasteiger partial charge in [0.1, 0.15) is 0 Å². The van der Waals surface area contributed by atoms with E-state index in [2.05, 4.69) is 24.6 Å². The standard InChI is InChI=1S/C10H19N3O/c1-10(2)6-3-4-8(7(10)5-6)12-9(14)13-11/h6-8H,3-5,11H2,1-2H3,(H2,12,13,14). The molecular formula is C10H19N3O. The highest BCUT2D eigenvalue weighted by Gasteiger charge is 2.54. The third kappa shape index (κ3) is 1.29. The Hall–Kier alpha value is -0.770. The van der Waals surface area contributed by atoms with Gasteiger partial charge in [0.05, 0.1) is 0 Å². The summed E-state index contributed by atoms with van der Waals surface area (Å²) >= 11 is 0. The molecule has 0 aromatic rings. The second-order valence-corrected chi connectivity index (χ2v) is 5.16. The van der Waals surface area contributed by atoms with E-state index in [-0.39, 0.29) is 6.03 Å². The fourth-order valence-corrected chi connectivity index (χ4v) is 3.19. The summed E-state index contributed by atoms with van der Waals surface area (Å²) in [5, 5.41) is 2.94. The van der Waals surface area contributed by atoms with Crippen molar-refractivity contribution in [2.45, 2.75) is 39.2 Å². The van der Waals surface area contributed by atoms with Crippen LogP contribution in [0.25, 0.3) is 0 Å². The van der Waals surface area contributed by atoms with Crippen molar-refractivity contribution in [1.82, 2.24) is 10.7 Å². The lowest BCUT2D eigenvalue weighted by Crippen LogP contribution is -2.61. The highest BCUT2D eigenvalue weighted by atomic mass is 16.2. The lowest BCUT2D eigenvalue weighted by molar-refractivity contribution is -0.0837. The zero-order chi connectivity index (χ0) is 10.3. The zero-order valence-electron chi connectivity index (χ0n) is 8.84. The average Bonchev–Trinajstić information content (AvgIpc) is 2.17. The Morgan fingerprint density at radius 3 is 2.64 bits per heavy atom. The van der Waals surface area contributed by atoms with Crippen molar-refractivity contribution >= 4 is 6.03 Å². The van der Waals surface area contributed by atoms with E-state index < -0.39 is 0 Å². The second kappa shape index (κ2) is 3.12. The predicted octanol–water partition coefficient (Wildman–Crippen LogP) is 0.984. The molecule has 4 N–H and O–H groups in total. The number of fused-ring (bicyclic) bond motifs is 2. The van der Waals surface area contributed by atoms with Gasteiger partial charge in [-0.15, -0.1) is 0 Å². The van der Waals surface area contributed by atoms with E-state index >= 15 is 0 Å². The van der Waals surface area contributed by atoms with Crippen LogP contribution in [0.4, 0.5) is 4.79 Å². The fourth-order valence-electron chi connectivity index (χ4n) is 3.19. The van der Waals surface area contributed by atoms with Crippen molar-refractivity contribution < 1.29 is 4.79 Å². The summed E-state index contributed by atoms with van der Waals surface area (Å²) in [6.45, 7) is 4.61. The number of nitrogens with two attached hydrogens (primary N) is 1. The number of rotatable bonds is 1. The minimum atomic E-state index is -0.254. The van der Waals surface area contributed by atoms with Gasteiger partial charge in [-0.3, -0.25) is 5.43 Å². The topological polar surface area (TPSA) is 67.2 Å². The Bertz CT molecular complexity index is 250. The summed E-state index contributed by atoms with van der Waals surface area (Å²) in [5.41, 5.74) is 2.53. The van der Waals surface area contributed by atoms with Gasteiger partial charge in [-0.2, -0.15) is 0 Å². The van der Waals surface area contributed by atoms with Crippen molar-refractivity contribution in [2.24, 2.45) is 23.1 Å². The van der Waals surface area contributed by atoms with Gasteiger partial charge in [-0.25, -0.2) is 10.6 Å². The first kappa shape index (κ1) is 9.77. The Balaban J connectivity index is 1.97. The molecule has 3 fully saturated rings. The average molecular weight is 197 g/mol.